The molecule has 0 saturated carbocycles. The molecule has 0 unspecified atom stereocenters. The highest BCUT2D eigenvalue weighted by atomic mass is 16.5. The molecule has 0 aromatic carbocycles. The summed E-state index contributed by atoms with van der Waals surface area (Å²) in [6, 6.07) is 0. The standard InChI is InChI=1S/C13H17N5O5/c1-7-8(12(20)17-13(21)15-7)5-10(19)14-6-9-16-11(23-18-9)3-4-22-2/h3-6H2,1-2H3,(H,14,19)(H2,15,17,20,21). The number of nitrogens with one attached hydrogen (secondary N) is 3. The zero-order chi connectivity index (χ0) is 16.8. The van der Waals surface area contributed by atoms with E-state index in [-0.39, 0.29) is 18.5 Å². The van der Waals surface area contributed by atoms with Crippen LogP contribution in [0.15, 0.2) is 14.1 Å². The van der Waals surface area contributed by atoms with Gasteiger partial charge < -0.3 is 19.6 Å². The maximum absolute atomic E-state index is 11.9. The van der Waals surface area contributed by atoms with Crippen molar-refractivity contribution >= 4 is 5.91 Å². The van der Waals surface area contributed by atoms with Crippen molar-refractivity contribution in [2.24, 2.45) is 0 Å². The van der Waals surface area contributed by atoms with Crippen molar-refractivity contribution in [1.82, 2.24) is 25.4 Å². The van der Waals surface area contributed by atoms with E-state index in [2.05, 4.69) is 25.4 Å². The molecule has 10 nitrogen and oxygen atoms in total. The van der Waals surface area contributed by atoms with Crippen molar-refractivity contribution in [3.63, 3.8) is 0 Å². The average Bonchev–Trinajstić information content (AvgIpc) is 2.94. The predicted octanol–water partition coefficient (Wildman–Crippen LogP) is -1.20. The maximum Gasteiger partial charge on any atom is 0.325 e. The second-order valence-electron chi connectivity index (χ2n) is 4.81. The Balaban J connectivity index is 1.92. The molecule has 0 aliphatic rings. The molecule has 1 amide bonds. The van der Waals surface area contributed by atoms with E-state index in [1.807, 2.05) is 0 Å². The number of methoxy groups -OCH3 is 1. The summed E-state index contributed by atoms with van der Waals surface area (Å²) in [6.45, 7) is 2.10. The van der Waals surface area contributed by atoms with Crippen LogP contribution in [0.3, 0.4) is 0 Å². The van der Waals surface area contributed by atoms with Gasteiger partial charge in [0.2, 0.25) is 11.8 Å². The summed E-state index contributed by atoms with van der Waals surface area (Å²) in [5.41, 5.74) is -0.624. The lowest BCUT2D eigenvalue weighted by Crippen LogP contribution is -2.32. The Morgan fingerprint density at radius 1 is 1.35 bits per heavy atom. The highest BCUT2D eigenvalue weighted by Gasteiger charge is 2.12. The summed E-state index contributed by atoms with van der Waals surface area (Å²) >= 11 is 0. The van der Waals surface area contributed by atoms with Crippen molar-refractivity contribution in [3.05, 3.63) is 43.8 Å². The maximum atomic E-state index is 11.9. The average molecular weight is 323 g/mol. The number of rotatable bonds is 7. The van der Waals surface area contributed by atoms with Gasteiger partial charge in [-0.15, -0.1) is 0 Å². The van der Waals surface area contributed by atoms with E-state index < -0.39 is 17.2 Å². The van der Waals surface area contributed by atoms with Crippen LogP contribution in [0.1, 0.15) is 23.0 Å². The summed E-state index contributed by atoms with van der Waals surface area (Å²) in [5.74, 6) is 0.356. The Labute approximate surface area is 130 Å². The normalized spacial score (nSPS) is 10.7. The van der Waals surface area contributed by atoms with Crippen LogP contribution in [0.5, 0.6) is 0 Å². The van der Waals surface area contributed by atoms with E-state index >= 15 is 0 Å². The quantitative estimate of drug-likeness (QED) is 0.581. The molecule has 2 heterocycles. The Hall–Kier alpha value is -2.75. The first-order valence-corrected chi connectivity index (χ1v) is 6.88. The highest BCUT2D eigenvalue weighted by molar-refractivity contribution is 5.78. The van der Waals surface area contributed by atoms with Gasteiger partial charge in [0.25, 0.3) is 5.56 Å². The molecule has 124 valence electrons. The van der Waals surface area contributed by atoms with Crippen LogP contribution in [-0.2, 0) is 28.9 Å². The van der Waals surface area contributed by atoms with E-state index in [1.54, 1.807) is 14.0 Å². The van der Waals surface area contributed by atoms with Gasteiger partial charge in [-0.2, -0.15) is 4.98 Å². The van der Waals surface area contributed by atoms with Crippen molar-refractivity contribution in [3.8, 4) is 0 Å². The van der Waals surface area contributed by atoms with Gasteiger partial charge in [-0.05, 0) is 6.92 Å². The van der Waals surface area contributed by atoms with Gasteiger partial charge in [-0.1, -0.05) is 5.16 Å². The number of amides is 1. The van der Waals surface area contributed by atoms with Gasteiger partial charge >= 0.3 is 5.69 Å². The van der Waals surface area contributed by atoms with Crippen LogP contribution in [0.4, 0.5) is 0 Å². The number of aromatic nitrogens is 4. The summed E-state index contributed by atoms with van der Waals surface area (Å²) in [6.07, 6.45) is 0.329. The summed E-state index contributed by atoms with van der Waals surface area (Å²) in [7, 11) is 1.57. The number of carbonyl (C=O) groups excluding carboxylic acids is 1. The molecule has 0 atom stereocenters. The molecule has 2 aromatic rings. The largest absolute Gasteiger partial charge is 0.384 e. The summed E-state index contributed by atoms with van der Waals surface area (Å²) in [5, 5.41) is 6.31. The van der Waals surface area contributed by atoms with Crippen molar-refractivity contribution in [1.29, 1.82) is 0 Å². The molecule has 0 aliphatic carbocycles. The van der Waals surface area contributed by atoms with E-state index in [0.717, 1.165) is 0 Å². The summed E-state index contributed by atoms with van der Waals surface area (Å²) in [4.78, 5) is 43.3. The lowest BCUT2D eigenvalue weighted by molar-refractivity contribution is -0.120. The van der Waals surface area contributed by atoms with Gasteiger partial charge in [-0.25, -0.2) is 4.79 Å². The summed E-state index contributed by atoms with van der Waals surface area (Å²) < 4.78 is 9.88. The molecule has 0 aliphatic heterocycles. The Morgan fingerprint density at radius 2 is 2.13 bits per heavy atom. The molecule has 2 rings (SSSR count). The number of H-pyrrole nitrogens is 2. The Bertz CT molecular complexity index is 791. The van der Waals surface area contributed by atoms with Crippen molar-refractivity contribution in [2.75, 3.05) is 13.7 Å². The predicted molar refractivity (Wildman–Crippen MR) is 77.8 cm³/mol. The lowest BCUT2D eigenvalue weighted by Gasteiger charge is -2.04. The van der Waals surface area contributed by atoms with E-state index in [9.17, 15) is 14.4 Å². The van der Waals surface area contributed by atoms with Gasteiger partial charge in [0.15, 0.2) is 5.82 Å². The SMILES string of the molecule is COCCc1nc(CNC(=O)Cc2c(C)[nH]c(=O)[nH]c2=O)no1. The minimum Gasteiger partial charge on any atom is -0.384 e. The zero-order valence-corrected chi connectivity index (χ0v) is 12.8. The van der Waals surface area contributed by atoms with Crippen LogP contribution < -0.4 is 16.6 Å². The molecule has 2 aromatic heterocycles. The van der Waals surface area contributed by atoms with E-state index in [1.165, 1.54) is 0 Å². The lowest BCUT2D eigenvalue weighted by atomic mass is 10.1. The molecule has 3 N–H and O–H groups in total. The zero-order valence-electron chi connectivity index (χ0n) is 12.8. The topological polar surface area (TPSA) is 143 Å². The molecular formula is C13H17N5O5. The number of ether oxygens (including phenoxy) is 1. The fourth-order valence-electron chi connectivity index (χ4n) is 1.89. The number of carbonyl (C=O) groups is 1. The first kappa shape index (κ1) is 16.6. The van der Waals surface area contributed by atoms with Gasteiger partial charge in [0.1, 0.15) is 0 Å². The Kier molecular flexibility index (Phi) is 5.41. The highest BCUT2D eigenvalue weighted by Crippen LogP contribution is 2.00. The molecule has 0 fully saturated rings. The molecule has 0 saturated heterocycles. The van der Waals surface area contributed by atoms with Crippen LogP contribution in [0.25, 0.3) is 0 Å². The molecule has 23 heavy (non-hydrogen) atoms. The van der Waals surface area contributed by atoms with E-state index in [4.69, 9.17) is 9.26 Å². The van der Waals surface area contributed by atoms with Crippen molar-refractivity contribution in [2.45, 2.75) is 26.3 Å². The molecule has 10 heteroatoms. The van der Waals surface area contributed by atoms with Gasteiger partial charge in [0.05, 0.1) is 26.0 Å². The first-order valence-electron chi connectivity index (χ1n) is 6.88. The Morgan fingerprint density at radius 3 is 2.83 bits per heavy atom. The fraction of sp³-hybridized carbons (Fsp3) is 0.462. The van der Waals surface area contributed by atoms with Crippen LogP contribution in [-0.4, -0.2) is 39.7 Å². The molecular weight excluding hydrogens is 306 g/mol. The second-order valence-corrected chi connectivity index (χ2v) is 4.81. The van der Waals surface area contributed by atoms with Gasteiger partial charge in [0, 0.05) is 18.4 Å². The van der Waals surface area contributed by atoms with Gasteiger partial charge in [-0.3, -0.25) is 14.6 Å². The second kappa shape index (κ2) is 7.49. The third-order valence-electron chi connectivity index (χ3n) is 3.07. The van der Waals surface area contributed by atoms with Crippen molar-refractivity contribution < 1.29 is 14.1 Å². The first-order chi connectivity index (χ1) is 11.0. The number of hydrogen-bond acceptors (Lipinski definition) is 7. The molecule has 0 radical (unpaired) electrons. The number of aryl methyl sites for hydroxylation is 1. The third-order valence-corrected chi connectivity index (χ3v) is 3.07. The molecule has 0 spiro atoms. The monoisotopic (exact) mass is 323 g/mol. The minimum atomic E-state index is -0.605. The third kappa shape index (κ3) is 4.61. The molecule has 0 bridgehead atoms. The van der Waals surface area contributed by atoms with Crippen LogP contribution in [0.2, 0.25) is 0 Å². The fourth-order valence-corrected chi connectivity index (χ4v) is 1.89. The number of aromatic amines is 2. The number of nitrogens with zero attached hydrogens (tertiary/aromatic N) is 2. The smallest absolute Gasteiger partial charge is 0.325 e. The van der Waals surface area contributed by atoms with Crippen LogP contribution in [0, 0.1) is 6.92 Å². The van der Waals surface area contributed by atoms with E-state index in [0.29, 0.717) is 30.4 Å². The number of hydrogen-bond donors (Lipinski definition) is 3. The minimum absolute atomic E-state index is 0.0790. The van der Waals surface area contributed by atoms with Crippen LogP contribution >= 0.6 is 0 Å².